The number of rotatable bonds is 4. The molecule has 0 N–H and O–H groups in total. The monoisotopic (exact) mass is 410 g/mol. The van der Waals surface area contributed by atoms with Crippen LogP contribution in [0.2, 0.25) is 0 Å². The van der Waals surface area contributed by atoms with Gasteiger partial charge in [0.15, 0.2) is 0 Å². The Bertz CT molecular complexity index is 462. The van der Waals surface area contributed by atoms with Crippen molar-refractivity contribution in [1.29, 1.82) is 0 Å². The van der Waals surface area contributed by atoms with Crippen LogP contribution >= 0.6 is 20.2 Å². The topological polar surface area (TPSA) is 38.8 Å². The summed E-state index contributed by atoms with van der Waals surface area (Å²) in [6.07, 6.45) is 16.9. The van der Waals surface area contributed by atoms with Crippen molar-refractivity contribution < 1.29 is 13.1 Å². The van der Waals surface area contributed by atoms with E-state index >= 15 is 0 Å². The minimum absolute atomic E-state index is 0.194. The third-order valence-electron chi connectivity index (χ3n) is 4.67. The second-order valence-electron chi connectivity index (χ2n) is 6.49. The number of halogens is 2. The number of aliphatic imine (C=N–C) groups is 2. The summed E-state index contributed by atoms with van der Waals surface area (Å²) in [7, 11) is 9.53. The van der Waals surface area contributed by atoms with Crippen molar-refractivity contribution in [1.82, 2.24) is 4.98 Å². The van der Waals surface area contributed by atoms with E-state index in [1.54, 1.807) is 0 Å². The Balaban J connectivity index is 0.000000647. The van der Waals surface area contributed by atoms with Crippen molar-refractivity contribution in [2.24, 2.45) is 9.98 Å². The average Bonchev–Trinajstić information content (AvgIpc) is 3.09. The zero-order valence-corrected chi connectivity index (χ0v) is 16.6. The van der Waals surface area contributed by atoms with Gasteiger partial charge in [-0.3, -0.25) is 9.98 Å². The first-order chi connectivity index (χ1) is 11.8. The van der Waals surface area contributed by atoms with Crippen molar-refractivity contribution in [3.05, 3.63) is 23.5 Å². The van der Waals surface area contributed by atoms with Crippen molar-refractivity contribution in [3.63, 3.8) is 0 Å². The second-order valence-corrected chi connectivity index (χ2v) is 8.31. The molecule has 0 atom stereocenters. The third kappa shape index (κ3) is 7.74. The summed E-state index contributed by atoms with van der Waals surface area (Å²) in [6, 6.07) is 5.15. The van der Waals surface area contributed by atoms with Gasteiger partial charge in [0.25, 0.3) is 0 Å². The number of hydrogen-bond acceptors (Lipinski definition) is 2. The molecule has 0 unspecified atom stereocenters. The van der Waals surface area contributed by atoms with Crippen LogP contribution < -0.4 is 4.98 Å². The molecule has 0 aromatic carbocycles. The molecule has 0 amide bonds. The minimum atomic E-state index is 0.194. The molecular formula is C18H26Cl2FeN3. The summed E-state index contributed by atoms with van der Waals surface area (Å²) >= 11 is 0.194. The summed E-state index contributed by atoms with van der Waals surface area (Å²) in [5.41, 5.74) is 1.95. The van der Waals surface area contributed by atoms with Crippen LogP contribution in [0.1, 0.15) is 75.6 Å². The molecule has 0 aliphatic heterocycles. The second kappa shape index (κ2) is 12.1. The van der Waals surface area contributed by atoms with Gasteiger partial charge in [0.1, 0.15) is 0 Å². The average molecular weight is 411 g/mol. The molecule has 2 saturated carbocycles. The SMILES string of the molecule is C(=NC1CCCCC1)c1ccc(C=NC2CCCCC2)[n-]1.[Cl][Fe+][Cl]. The molecule has 6 heteroatoms. The molecular weight excluding hydrogens is 385 g/mol. The fourth-order valence-electron chi connectivity index (χ4n) is 3.36. The van der Waals surface area contributed by atoms with Crippen LogP contribution in [0.25, 0.3) is 0 Å². The summed E-state index contributed by atoms with van der Waals surface area (Å²) in [5, 5.41) is 0. The summed E-state index contributed by atoms with van der Waals surface area (Å²) in [5.74, 6) is 0. The van der Waals surface area contributed by atoms with Crippen molar-refractivity contribution in [3.8, 4) is 0 Å². The van der Waals surface area contributed by atoms with Crippen LogP contribution in [0.5, 0.6) is 0 Å². The Kier molecular flexibility index (Phi) is 10.1. The summed E-state index contributed by atoms with van der Waals surface area (Å²) in [4.78, 5) is 13.9. The summed E-state index contributed by atoms with van der Waals surface area (Å²) < 4.78 is 0. The zero-order valence-electron chi connectivity index (χ0n) is 14.0. The van der Waals surface area contributed by atoms with Crippen LogP contribution in [0.4, 0.5) is 0 Å². The van der Waals surface area contributed by atoms with Gasteiger partial charge in [-0.05, 0) is 25.7 Å². The van der Waals surface area contributed by atoms with Gasteiger partial charge in [-0.2, -0.15) is 0 Å². The molecule has 24 heavy (non-hydrogen) atoms. The molecule has 2 fully saturated rings. The number of hydrogen-bond donors (Lipinski definition) is 0. The molecule has 3 nitrogen and oxygen atoms in total. The van der Waals surface area contributed by atoms with E-state index in [1.807, 2.05) is 12.4 Å². The van der Waals surface area contributed by atoms with E-state index in [0.29, 0.717) is 12.1 Å². The molecule has 3 rings (SSSR count). The van der Waals surface area contributed by atoms with Gasteiger partial charge >= 0.3 is 33.3 Å². The van der Waals surface area contributed by atoms with Gasteiger partial charge in [0.2, 0.25) is 0 Å². The van der Waals surface area contributed by atoms with E-state index in [2.05, 4.69) is 27.1 Å². The van der Waals surface area contributed by atoms with Gasteiger partial charge in [0.05, 0.1) is 0 Å². The van der Waals surface area contributed by atoms with Crippen molar-refractivity contribution in [2.45, 2.75) is 76.3 Å². The molecule has 1 aromatic rings. The van der Waals surface area contributed by atoms with E-state index in [9.17, 15) is 0 Å². The van der Waals surface area contributed by atoms with Gasteiger partial charge in [-0.1, -0.05) is 50.7 Å². The first kappa shape index (κ1) is 20.0. The first-order valence-electron chi connectivity index (χ1n) is 8.87. The quantitative estimate of drug-likeness (QED) is 0.475. The van der Waals surface area contributed by atoms with Crippen LogP contribution in [-0.2, 0) is 13.1 Å². The Morgan fingerprint density at radius 1 is 0.792 bits per heavy atom. The van der Waals surface area contributed by atoms with Crippen LogP contribution in [0, 0.1) is 0 Å². The molecule has 0 bridgehead atoms. The van der Waals surface area contributed by atoms with E-state index in [4.69, 9.17) is 20.2 Å². The van der Waals surface area contributed by atoms with E-state index < -0.39 is 0 Å². The molecule has 1 aromatic heterocycles. The van der Waals surface area contributed by atoms with E-state index in [0.717, 1.165) is 11.4 Å². The Hall–Kier alpha value is -0.281. The Morgan fingerprint density at radius 3 is 1.54 bits per heavy atom. The number of nitrogens with zero attached hydrogens (tertiary/aromatic N) is 3. The van der Waals surface area contributed by atoms with Gasteiger partial charge in [-0.15, -0.1) is 11.4 Å². The van der Waals surface area contributed by atoms with Gasteiger partial charge in [-0.25, -0.2) is 0 Å². The molecule has 2 aliphatic carbocycles. The third-order valence-corrected chi connectivity index (χ3v) is 4.67. The summed E-state index contributed by atoms with van der Waals surface area (Å²) in [6.45, 7) is 0. The van der Waals surface area contributed by atoms with Crippen molar-refractivity contribution >= 4 is 32.6 Å². The molecule has 0 spiro atoms. The van der Waals surface area contributed by atoms with Gasteiger partial charge in [0, 0.05) is 24.5 Å². The van der Waals surface area contributed by atoms with Crippen LogP contribution in [-0.4, -0.2) is 24.5 Å². The standard InChI is InChI=1S/C18H26N3.2ClH.Fe/c1-3-7-15(8-4-1)19-13-17-11-12-18(21-17)14-20-16-9-5-2-6-10-16;;;/h11-16H,1-10H2;2*1H;/q-1;;;+3/p-2. The van der Waals surface area contributed by atoms with Crippen LogP contribution in [0.3, 0.4) is 0 Å². The van der Waals surface area contributed by atoms with Gasteiger partial charge < -0.3 is 4.98 Å². The molecule has 2 aliphatic rings. The Morgan fingerprint density at radius 2 is 1.17 bits per heavy atom. The normalized spacial score (nSPS) is 20.4. The fraction of sp³-hybridized carbons (Fsp3) is 0.667. The van der Waals surface area contributed by atoms with Crippen LogP contribution in [0.15, 0.2) is 22.1 Å². The maximum atomic E-state index is 4.76. The first-order valence-corrected chi connectivity index (χ1v) is 11.9. The molecule has 135 valence electrons. The predicted octanol–water partition coefficient (Wildman–Crippen LogP) is 5.52. The molecule has 1 heterocycles. The van der Waals surface area contributed by atoms with E-state index in [1.165, 1.54) is 64.2 Å². The van der Waals surface area contributed by atoms with Crippen molar-refractivity contribution in [2.75, 3.05) is 0 Å². The molecule has 0 radical (unpaired) electrons. The maximum absolute atomic E-state index is 4.76. The zero-order chi connectivity index (χ0) is 17.0. The predicted molar refractivity (Wildman–Crippen MR) is 100 cm³/mol. The Labute approximate surface area is 160 Å². The van der Waals surface area contributed by atoms with E-state index in [-0.39, 0.29) is 13.1 Å². The molecule has 0 saturated heterocycles. The fourth-order valence-corrected chi connectivity index (χ4v) is 3.36. The number of aromatic nitrogens is 1.